The highest BCUT2D eigenvalue weighted by Gasteiger charge is 2.09. The summed E-state index contributed by atoms with van der Waals surface area (Å²) in [6, 6.07) is 12.9. The molecule has 2 rings (SSSR count). The molecule has 124 valence electrons. The number of methoxy groups -OCH3 is 1. The molecule has 0 aliphatic rings. The Labute approximate surface area is 135 Å². The second-order valence-corrected chi connectivity index (χ2v) is 5.23. The van der Waals surface area contributed by atoms with Crippen molar-refractivity contribution in [2.45, 2.75) is 26.5 Å². The first-order valence-corrected chi connectivity index (χ1v) is 7.47. The van der Waals surface area contributed by atoms with Crippen molar-refractivity contribution in [1.29, 1.82) is 0 Å². The number of hydrogen-bond donors (Lipinski definition) is 1. The minimum atomic E-state index is -2.81. The van der Waals surface area contributed by atoms with Gasteiger partial charge in [-0.25, -0.2) is 0 Å². The van der Waals surface area contributed by atoms with E-state index in [2.05, 4.69) is 16.1 Å². The number of para-hydroxylation sites is 1. The van der Waals surface area contributed by atoms with Gasteiger partial charge in [0.05, 0.1) is 7.11 Å². The van der Waals surface area contributed by atoms with Gasteiger partial charge >= 0.3 is 6.61 Å². The van der Waals surface area contributed by atoms with Gasteiger partial charge in [-0.2, -0.15) is 8.78 Å². The smallest absolute Gasteiger partial charge is 0.387 e. The molecule has 2 aromatic rings. The Morgan fingerprint density at radius 2 is 1.83 bits per heavy atom. The lowest BCUT2D eigenvalue weighted by atomic mass is 10.1. The van der Waals surface area contributed by atoms with Gasteiger partial charge in [-0.05, 0) is 37.6 Å². The molecule has 0 radical (unpaired) electrons. The zero-order chi connectivity index (χ0) is 16.7. The van der Waals surface area contributed by atoms with E-state index < -0.39 is 6.61 Å². The first-order valence-electron chi connectivity index (χ1n) is 7.47. The molecule has 1 N–H and O–H groups in total. The first kappa shape index (κ1) is 17.2. The third-order valence-corrected chi connectivity index (χ3v) is 3.51. The van der Waals surface area contributed by atoms with E-state index in [-0.39, 0.29) is 5.75 Å². The van der Waals surface area contributed by atoms with E-state index >= 15 is 0 Å². The van der Waals surface area contributed by atoms with Crippen LogP contribution >= 0.6 is 0 Å². The second kappa shape index (κ2) is 8.48. The van der Waals surface area contributed by atoms with E-state index in [0.717, 1.165) is 17.7 Å². The van der Waals surface area contributed by atoms with Crippen LogP contribution < -0.4 is 14.8 Å². The minimum absolute atomic E-state index is 0.211. The van der Waals surface area contributed by atoms with Gasteiger partial charge in [-0.1, -0.05) is 35.9 Å². The van der Waals surface area contributed by atoms with Gasteiger partial charge < -0.3 is 14.8 Å². The van der Waals surface area contributed by atoms with Crippen LogP contribution in [-0.4, -0.2) is 20.3 Å². The summed E-state index contributed by atoms with van der Waals surface area (Å²) in [5.74, 6) is 1.07. The standard InChI is InChI=1S/C18H21F2NO2/c1-13-7-8-16(22-2)14(11-13)9-10-21-12-15-5-3-4-6-17(15)23-18(19)20/h3-8,11,18,21H,9-10,12H2,1-2H3. The van der Waals surface area contributed by atoms with E-state index in [1.54, 1.807) is 31.4 Å². The number of nitrogens with one attached hydrogen (secondary N) is 1. The molecule has 0 unspecified atom stereocenters. The number of rotatable bonds is 8. The van der Waals surface area contributed by atoms with E-state index in [9.17, 15) is 8.78 Å². The molecular weight excluding hydrogens is 300 g/mol. The van der Waals surface area contributed by atoms with Crippen LogP contribution in [0, 0.1) is 6.92 Å². The van der Waals surface area contributed by atoms with Crippen LogP contribution in [-0.2, 0) is 13.0 Å². The summed E-state index contributed by atoms with van der Waals surface area (Å²) in [7, 11) is 1.65. The Balaban J connectivity index is 1.90. The van der Waals surface area contributed by atoms with Gasteiger partial charge in [0, 0.05) is 12.1 Å². The summed E-state index contributed by atoms with van der Waals surface area (Å²) in [6.07, 6.45) is 0.794. The molecule has 23 heavy (non-hydrogen) atoms. The van der Waals surface area contributed by atoms with Crippen LogP contribution in [0.25, 0.3) is 0 Å². The monoisotopic (exact) mass is 321 g/mol. The Hall–Kier alpha value is -2.14. The SMILES string of the molecule is COc1ccc(C)cc1CCNCc1ccccc1OC(F)F. The van der Waals surface area contributed by atoms with Crippen LogP contribution in [0.4, 0.5) is 8.78 Å². The molecule has 0 saturated heterocycles. The van der Waals surface area contributed by atoms with Gasteiger partial charge in [-0.3, -0.25) is 0 Å². The molecule has 3 nitrogen and oxygen atoms in total. The van der Waals surface area contributed by atoms with Gasteiger partial charge in [0.2, 0.25) is 0 Å². The van der Waals surface area contributed by atoms with Gasteiger partial charge in [-0.15, -0.1) is 0 Å². The quantitative estimate of drug-likeness (QED) is 0.747. The number of ether oxygens (including phenoxy) is 2. The summed E-state index contributed by atoms with van der Waals surface area (Å²) in [5, 5.41) is 3.25. The van der Waals surface area contributed by atoms with Crippen molar-refractivity contribution < 1.29 is 18.3 Å². The lowest BCUT2D eigenvalue weighted by Crippen LogP contribution is -2.18. The maximum Gasteiger partial charge on any atom is 0.387 e. The summed E-state index contributed by atoms with van der Waals surface area (Å²) < 4.78 is 34.6. The predicted octanol–water partition coefficient (Wildman–Crippen LogP) is 3.94. The average molecular weight is 321 g/mol. The van der Waals surface area contributed by atoms with Gasteiger partial charge in [0.15, 0.2) is 0 Å². The lowest BCUT2D eigenvalue weighted by molar-refractivity contribution is -0.0504. The fourth-order valence-electron chi connectivity index (χ4n) is 2.41. The van der Waals surface area contributed by atoms with Crippen LogP contribution in [0.5, 0.6) is 11.5 Å². The third-order valence-electron chi connectivity index (χ3n) is 3.51. The zero-order valence-corrected chi connectivity index (χ0v) is 13.3. The molecule has 2 aromatic carbocycles. The van der Waals surface area contributed by atoms with Crippen molar-refractivity contribution >= 4 is 0 Å². The molecule has 0 aliphatic heterocycles. The number of alkyl halides is 2. The highest BCUT2D eigenvalue weighted by atomic mass is 19.3. The summed E-state index contributed by atoms with van der Waals surface area (Å²) in [4.78, 5) is 0. The minimum Gasteiger partial charge on any atom is -0.496 e. The van der Waals surface area contributed by atoms with Crippen LogP contribution in [0.15, 0.2) is 42.5 Å². The molecule has 0 aromatic heterocycles. The predicted molar refractivity (Wildman–Crippen MR) is 86.2 cm³/mol. The fourth-order valence-corrected chi connectivity index (χ4v) is 2.41. The zero-order valence-electron chi connectivity index (χ0n) is 13.3. The van der Waals surface area contributed by atoms with Crippen molar-refractivity contribution in [2.24, 2.45) is 0 Å². The van der Waals surface area contributed by atoms with Crippen LogP contribution in [0.3, 0.4) is 0 Å². The van der Waals surface area contributed by atoms with Crippen LogP contribution in [0.1, 0.15) is 16.7 Å². The number of halogens is 2. The van der Waals surface area contributed by atoms with E-state index in [0.29, 0.717) is 18.7 Å². The topological polar surface area (TPSA) is 30.5 Å². The molecule has 0 saturated carbocycles. The van der Waals surface area contributed by atoms with Crippen LogP contribution in [0.2, 0.25) is 0 Å². The second-order valence-electron chi connectivity index (χ2n) is 5.23. The summed E-state index contributed by atoms with van der Waals surface area (Å²) in [6.45, 7) is 0.404. The molecule has 0 spiro atoms. The van der Waals surface area contributed by atoms with Crippen molar-refractivity contribution in [3.05, 3.63) is 59.2 Å². The Morgan fingerprint density at radius 3 is 2.57 bits per heavy atom. The molecule has 0 fully saturated rings. The highest BCUT2D eigenvalue weighted by Crippen LogP contribution is 2.21. The van der Waals surface area contributed by atoms with Gasteiger partial charge in [0.1, 0.15) is 11.5 Å². The Bertz CT molecular complexity index is 632. The van der Waals surface area contributed by atoms with Gasteiger partial charge in [0.25, 0.3) is 0 Å². The van der Waals surface area contributed by atoms with Crippen molar-refractivity contribution in [1.82, 2.24) is 5.32 Å². The van der Waals surface area contributed by atoms with Crippen molar-refractivity contribution in [3.8, 4) is 11.5 Å². The normalized spacial score (nSPS) is 10.8. The maximum atomic E-state index is 12.4. The molecule has 0 atom stereocenters. The summed E-state index contributed by atoms with van der Waals surface area (Å²) in [5.41, 5.74) is 3.01. The van der Waals surface area contributed by atoms with E-state index in [4.69, 9.17) is 4.74 Å². The van der Waals surface area contributed by atoms with Crippen molar-refractivity contribution in [2.75, 3.05) is 13.7 Å². The molecule has 0 aliphatic carbocycles. The number of aryl methyl sites for hydroxylation is 1. The fraction of sp³-hybridized carbons (Fsp3) is 0.333. The molecule has 0 amide bonds. The Morgan fingerprint density at radius 1 is 1.04 bits per heavy atom. The molecule has 0 heterocycles. The average Bonchev–Trinajstić information content (AvgIpc) is 2.52. The summed E-state index contributed by atoms with van der Waals surface area (Å²) >= 11 is 0. The Kier molecular flexibility index (Phi) is 6.35. The molecule has 5 heteroatoms. The van der Waals surface area contributed by atoms with E-state index in [1.807, 2.05) is 19.1 Å². The number of benzene rings is 2. The first-order chi connectivity index (χ1) is 11.1. The van der Waals surface area contributed by atoms with Crippen molar-refractivity contribution in [3.63, 3.8) is 0 Å². The molecular formula is C18H21F2NO2. The van der Waals surface area contributed by atoms with E-state index in [1.165, 1.54) is 5.56 Å². The molecule has 0 bridgehead atoms. The third kappa shape index (κ3) is 5.21. The largest absolute Gasteiger partial charge is 0.496 e. The lowest BCUT2D eigenvalue weighted by Gasteiger charge is -2.12. The highest BCUT2D eigenvalue weighted by molar-refractivity contribution is 5.37. The maximum absolute atomic E-state index is 12.4. The number of hydrogen-bond acceptors (Lipinski definition) is 3.